The number of aliphatic hydroxyl groups is 1. The lowest BCUT2D eigenvalue weighted by Crippen LogP contribution is -2.13. The lowest BCUT2D eigenvalue weighted by molar-refractivity contribution is 0.290. The lowest BCUT2D eigenvalue weighted by atomic mass is 10.2. The van der Waals surface area contributed by atoms with Gasteiger partial charge in [0.05, 0.1) is 6.61 Å². The summed E-state index contributed by atoms with van der Waals surface area (Å²) >= 11 is 12.4. The van der Waals surface area contributed by atoms with Crippen LogP contribution in [0.25, 0.3) is 0 Å². The molecule has 0 aliphatic carbocycles. The van der Waals surface area contributed by atoms with Crippen LogP contribution in [0.15, 0.2) is 24.3 Å². The van der Waals surface area contributed by atoms with Crippen LogP contribution in [-0.4, -0.2) is 11.7 Å². The fourth-order valence-electron chi connectivity index (χ4n) is 0.785. The Bertz CT molecular complexity index is 258. The number of hydrogen-bond donors (Lipinski definition) is 1. The SMILES string of the molecule is OCC(Br)(Br)c1ccc(Cl)cc1. The topological polar surface area (TPSA) is 20.2 Å². The van der Waals surface area contributed by atoms with Crippen molar-refractivity contribution in [1.29, 1.82) is 0 Å². The Labute approximate surface area is 93.0 Å². The first-order valence-corrected chi connectivity index (χ1v) is 5.27. The van der Waals surface area contributed by atoms with E-state index in [1.165, 1.54) is 0 Å². The molecular weight excluding hydrogens is 307 g/mol. The van der Waals surface area contributed by atoms with Crippen molar-refractivity contribution in [1.82, 2.24) is 0 Å². The van der Waals surface area contributed by atoms with Crippen LogP contribution < -0.4 is 0 Å². The van der Waals surface area contributed by atoms with Gasteiger partial charge in [0.1, 0.15) is 3.23 Å². The Hall–Kier alpha value is 0.430. The largest absolute Gasteiger partial charge is 0.394 e. The fourth-order valence-corrected chi connectivity index (χ4v) is 1.44. The predicted octanol–water partition coefficient (Wildman–Crippen LogP) is 3.27. The lowest BCUT2D eigenvalue weighted by Gasteiger charge is -2.17. The maximum atomic E-state index is 8.99. The number of hydrogen-bond acceptors (Lipinski definition) is 1. The minimum atomic E-state index is -0.551. The smallest absolute Gasteiger partial charge is 0.128 e. The molecule has 0 amide bonds. The van der Waals surface area contributed by atoms with Crippen LogP contribution in [-0.2, 0) is 3.23 Å². The van der Waals surface area contributed by atoms with Gasteiger partial charge in [0.2, 0.25) is 0 Å². The molecule has 66 valence electrons. The zero-order valence-electron chi connectivity index (χ0n) is 6.10. The number of alkyl halides is 2. The van der Waals surface area contributed by atoms with Gasteiger partial charge in [-0.15, -0.1) is 0 Å². The van der Waals surface area contributed by atoms with Crippen LogP contribution in [0.5, 0.6) is 0 Å². The molecule has 4 heteroatoms. The zero-order chi connectivity index (χ0) is 9.19. The van der Waals surface area contributed by atoms with Crippen molar-refractivity contribution in [3.8, 4) is 0 Å². The van der Waals surface area contributed by atoms with E-state index in [-0.39, 0.29) is 6.61 Å². The van der Waals surface area contributed by atoms with E-state index in [2.05, 4.69) is 31.9 Å². The fraction of sp³-hybridized carbons (Fsp3) is 0.250. The van der Waals surface area contributed by atoms with Gasteiger partial charge in [0.25, 0.3) is 0 Å². The van der Waals surface area contributed by atoms with Crippen LogP contribution >= 0.6 is 43.5 Å². The van der Waals surface area contributed by atoms with Crippen LogP contribution in [0, 0.1) is 0 Å². The number of halogens is 3. The van der Waals surface area contributed by atoms with Gasteiger partial charge in [-0.3, -0.25) is 0 Å². The highest BCUT2D eigenvalue weighted by molar-refractivity contribution is 9.24. The minimum Gasteiger partial charge on any atom is -0.394 e. The third kappa shape index (κ3) is 2.46. The number of benzene rings is 1. The van der Waals surface area contributed by atoms with E-state index in [0.29, 0.717) is 5.02 Å². The van der Waals surface area contributed by atoms with Crippen LogP contribution in [0.4, 0.5) is 0 Å². The van der Waals surface area contributed by atoms with Crippen molar-refractivity contribution in [3.05, 3.63) is 34.9 Å². The average molecular weight is 314 g/mol. The van der Waals surface area contributed by atoms with E-state index in [9.17, 15) is 0 Å². The molecule has 1 N–H and O–H groups in total. The molecule has 0 saturated heterocycles. The van der Waals surface area contributed by atoms with Crippen LogP contribution in [0.1, 0.15) is 5.56 Å². The van der Waals surface area contributed by atoms with Gasteiger partial charge in [-0.25, -0.2) is 0 Å². The summed E-state index contributed by atoms with van der Waals surface area (Å²) in [5.74, 6) is 0. The molecule has 1 aromatic rings. The second kappa shape index (κ2) is 4.09. The van der Waals surface area contributed by atoms with Gasteiger partial charge in [0, 0.05) is 5.02 Å². The van der Waals surface area contributed by atoms with Crippen LogP contribution in [0.3, 0.4) is 0 Å². The van der Waals surface area contributed by atoms with Gasteiger partial charge in [0.15, 0.2) is 0 Å². The summed E-state index contributed by atoms with van der Waals surface area (Å²) in [4.78, 5) is 0. The van der Waals surface area contributed by atoms with E-state index in [1.54, 1.807) is 12.1 Å². The van der Waals surface area contributed by atoms with Crippen molar-refractivity contribution < 1.29 is 5.11 Å². The summed E-state index contributed by atoms with van der Waals surface area (Å²) in [6.45, 7) is -0.0192. The van der Waals surface area contributed by atoms with Crippen molar-refractivity contribution in [2.45, 2.75) is 3.23 Å². The molecule has 0 spiro atoms. The molecule has 1 aromatic carbocycles. The molecule has 1 nitrogen and oxygen atoms in total. The Morgan fingerprint density at radius 1 is 1.25 bits per heavy atom. The average Bonchev–Trinajstić information content (AvgIpc) is 2.05. The van der Waals surface area contributed by atoms with Gasteiger partial charge in [-0.1, -0.05) is 55.6 Å². The summed E-state index contributed by atoms with van der Waals surface area (Å²) in [7, 11) is 0. The van der Waals surface area contributed by atoms with E-state index in [4.69, 9.17) is 16.7 Å². The maximum absolute atomic E-state index is 8.99. The van der Waals surface area contributed by atoms with Gasteiger partial charge in [-0.2, -0.15) is 0 Å². The first-order chi connectivity index (χ1) is 5.56. The molecule has 0 atom stereocenters. The molecule has 0 aliphatic heterocycles. The van der Waals surface area contributed by atoms with Gasteiger partial charge in [-0.05, 0) is 17.7 Å². The first kappa shape index (κ1) is 10.5. The standard InChI is InChI=1S/C8H7Br2ClO/c9-8(10,5-12)6-1-3-7(11)4-2-6/h1-4,12H,5H2. The van der Waals surface area contributed by atoms with E-state index in [0.717, 1.165) is 5.56 Å². The Morgan fingerprint density at radius 3 is 2.17 bits per heavy atom. The Kier molecular flexibility index (Phi) is 3.58. The molecule has 0 fully saturated rings. The van der Waals surface area contributed by atoms with E-state index < -0.39 is 3.23 Å². The molecule has 0 heterocycles. The minimum absolute atomic E-state index is 0.0192. The molecule has 0 bridgehead atoms. The third-order valence-electron chi connectivity index (χ3n) is 1.47. The highest BCUT2D eigenvalue weighted by Crippen LogP contribution is 2.37. The molecule has 0 saturated carbocycles. The van der Waals surface area contributed by atoms with E-state index >= 15 is 0 Å². The number of rotatable bonds is 2. The maximum Gasteiger partial charge on any atom is 0.128 e. The highest BCUT2D eigenvalue weighted by Gasteiger charge is 2.23. The summed E-state index contributed by atoms with van der Waals surface area (Å²) in [6, 6.07) is 7.26. The Balaban J connectivity index is 2.96. The quantitative estimate of drug-likeness (QED) is 0.831. The van der Waals surface area contributed by atoms with Crippen molar-refractivity contribution in [2.24, 2.45) is 0 Å². The summed E-state index contributed by atoms with van der Waals surface area (Å²) in [5, 5.41) is 9.68. The van der Waals surface area contributed by atoms with Gasteiger partial charge < -0.3 is 5.11 Å². The second-order valence-corrected chi connectivity index (χ2v) is 6.58. The van der Waals surface area contributed by atoms with Gasteiger partial charge >= 0.3 is 0 Å². The zero-order valence-corrected chi connectivity index (χ0v) is 10.0. The molecule has 1 rings (SSSR count). The van der Waals surface area contributed by atoms with Crippen molar-refractivity contribution in [3.63, 3.8) is 0 Å². The summed E-state index contributed by atoms with van der Waals surface area (Å²) in [5.41, 5.74) is 0.939. The highest BCUT2D eigenvalue weighted by atomic mass is 79.9. The monoisotopic (exact) mass is 312 g/mol. The molecule has 0 unspecified atom stereocenters. The third-order valence-corrected chi connectivity index (χ3v) is 3.13. The molecular formula is C8H7Br2ClO. The molecule has 0 radical (unpaired) electrons. The molecule has 0 aromatic heterocycles. The molecule has 12 heavy (non-hydrogen) atoms. The summed E-state index contributed by atoms with van der Waals surface area (Å²) in [6.07, 6.45) is 0. The summed E-state index contributed by atoms with van der Waals surface area (Å²) < 4.78 is -0.551. The number of aliphatic hydroxyl groups excluding tert-OH is 1. The van der Waals surface area contributed by atoms with Crippen molar-refractivity contribution >= 4 is 43.5 Å². The van der Waals surface area contributed by atoms with Crippen LogP contribution in [0.2, 0.25) is 5.02 Å². The molecule has 0 aliphatic rings. The second-order valence-electron chi connectivity index (χ2n) is 2.37. The Morgan fingerprint density at radius 2 is 1.75 bits per heavy atom. The van der Waals surface area contributed by atoms with Crippen molar-refractivity contribution in [2.75, 3.05) is 6.61 Å². The predicted molar refractivity (Wildman–Crippen MR) is 58.1 cm³/mol. The van der Waals surface area contributed by atoms with E-state index in [1.807, 2.05) is 12.1 Å². The first-order valence-electron chi connectivity index (χ1n) is 3.31. The normalized spacial score (nSPS) is 11.7.